The van der Waals surface area contributed by atoms with Gasteiger partial charge in [-0.15, -0.1) is 0 Å². The van der Waals surface area contributed by atoms with E-state index in [0.717, 1.165) is 13.0 Å². The normalized spacial score (nSPS) is 25.4. The second kappa shape index (κ2) is 7.54. The molecule has 1 rings (SSSR count). The van der Waals surface area contributed by atoms with E-state index < -0.39 is 0 Å². The Morgan fingerprint density at radius 2 is 2.44 bits per heavy atom. The fourth-order valence-corrected chi connectivity index (χ4v) is 1.93. The van der Waals surface area contributed by atoms with Gasteiger partial charge in [-0.2, -0.15) is 0 Å². The number of alkyl halides is 1. The summed E-state index contributed by atoms with van der Waals surface area (Å²) in [6, 6.07) is 0. The van der Waals surface area contributed by atoms with E-state index in [1.807, 2.05) is 19.4 Å². The summed E-state index contributed by atoms with van der Waals surface area (Å²) in [6.07, 6.45) is 15.9. The average molecular weight is 330 g/mol. The smallest absolute Gasteiger partial charge is 0.0404 e. The number of hydrogen-bond donors (Lipinski definition) is 1. The third kappa shape index (κ3) is 5.39. The van der Waals surface area contributed by atoms with E-state index in [1.54, 1.807) is 0 Å². The molecular weight excluding hydrogens is 311 g/mol. The number of nitrogens with one attached hydrogen (secondary N) is 1. The van der Waals surface area contributed by atoms with Crippen LogP contribution in [0.3, 0.4) is 0 Å². The van der Waals surface area contributed by atoms with Gasteiger partial charge in [0, 0.05) is 36.1 Å². The van der Waals surface area contributed by atoms with Crippen LogP contribution in [0.1, 0.15) is 13.3 Å². The van der Waals surface area contributed by atoms with Crippen LogP contribution in [0.2, 0.25) is 0 Å². The Bertz CT molecular complexity index is 314. The fraction of sp³-hybridized carbons (Fsp3) is 0.385. The lowest BCUT2D eigenvalue weighted by molar-refractivity contribution is 0.560. The van der Waals surface area contributed by atoms with Crippen LogP contribution in [0.4, 0.5) is 0 Å². The van der Waals surface area contributed by atoms with Crippen molar-refractivity contribution in [1.29, 1.82) is 0 Å². The van der Waals surface area contributed by atoms with E-state index in [4.69, 9.17) is 0 Å². The summed E-state index contributed by atoms with van der Waals surface area (Å²) >= 11 is 2.46. The standard InChI is InChI=1S/C13H19IN2/c1-12(14)11-13-5-3-4-8-16(9-6-13)10-7-15-2/h3-7,9-10,12,15H,8,11H2,1-2H3/b4-3-,9-6-,10-7-,13-5-. The second-order valence-corrected chi connectivity index (χ2v) is 5.90. The molecule has 0 fully saturated rings. The highest BCUT2D eigenvalue weighted by Gasteiger charge is 2.00. The number of hydrogen-bond acceptors (Lipinski definition) is 2. The van der Waals surface area contributed by atoms with E-state index >= 15 is 0 Å². The SMILES string of the molecule is CN/C=C\N1\C=C/C(CC(C)I)=C/C=C\C1. The molecule has 0 aromatic heterocycles. The first-order valence-electron chi connectivity index (χ1n) is 5.50. The Labute approximate surface area is 112 Å². The summed E-state index contributed by atoms with van der Waals surface area (Å²) in [5.41, 5.74) is 1.38. The van der Waals surface area contributed by atoms with Gasteiger partial charge in [0.15, 0.2) is 0 Å². The number of allylic oxidation sites excluding steroid dienone is 4. The van der Waals surface area contributed by atoms with E-state index in [1.165, 1.54) is 5.57 Å². The third-order valence-electron chi connectivity index (χ3n) is 2.19. The van der Waals surface area contributed by atoms with Crippen molar-refractivity contribution in [2.45, 2.75) is 17.3 Å². The molecule has 0 bridgehead atoms. The zero-order valence-electron chi connectivity index (χ0n) is 9.86. The van der Waals surface area contributed by atoms with E-state index in [0.29, 0.717) is 3.92 Å². The molecule has 0 aromatic carbocycles. The largest absolute Gasteiger partial charge is 0.393 e. The summed E-state index contributed by atoms with van der Waals surface area (Å²) in [7, 11) is 1.91. The Balaban J connectivity index is 2.66. The van der Waals surface area contributed by atoms with Gasteiger partial charge in [-0.25, -0.2) is 0 Å². The lowest BCUT2D eigenvalue weighted by atomic mass is 10.1. The quantitative estimate of drug-likeness (QED) is 0.629. The maximum absolute atomic E-state index is 3.00. The van der Waals surface area contributed by atoms with Gasteiger partial charge in [-0.1, -0.05) is 47.7 Å². The minimum atomic E-state index is 0.669. The molecule has 1 atom stereocenters. The summed E-state index contributed by atoms with van der Waals surface area (Å²) in [5.74, 6) is 0. The Hall–Kier alpha value is -0.710. The van der Waals surface area contributed by atoms with Crippen LogP contribution < -0.4 is 5.32 Å². The molecule has 3 heteroatoms. The van der Waals surface area contributed by atoms with E-state index in [2.05, 4.69) is 70.2 Å². The van der Waals surface area contributed by atoms with Crippen LogP contribution in [0.25, 0.3) is 0 Å². The number of halogens is 1. The highest BCUT2D eigenvalue weighted by atomic mass is 127. The summed E-state index contributed by atoms with van der Waals surface area (Å²) in [6.45, 7) is 3.15. The lowest BCUT2D eigenvalue weighted by Gasteiger charge is -2.15. The molecule has 0 saturated heterocycles. The third-order valence-corrected chi connectivity index (χ3v) is 2.63. The van der Waals surface area contributed by atoms with Gasteiger partial charge in [0.1, 0.15) is 0 Å². The molecule has 0 aromatic rings. The molecule has 0 amide bonds. The van der Waals surface area contributed by atoms with Crippen molar-refractivity contribution >= 4 is 22.6 Å². The maximum Gasteiger partial charge on any atom is 0.0404 e. The van der Waals surface area contributed by atoms with Crippen LogP contribution in [0.5, 0.6) is 0 Å². The number of nitrogens with zero attached hydrogens (tertiary/aromatic N) is 1. The maximum atomic E-state index is 3.00. The van der Waals surface area contributed by atoms with Crippen molar-refractivity contribution in [3.63, 3.8) is 0 Å². The highest BCUT2D eigenvalue weighted by Crippen LogP contribution is 2.15. The van der Waals surface area contributed by atoms with Crippen molar-refractivity contribution in [3.8, 4) is 0 Å². The van der Waals surface area contributed by atoms with Crippen LogP contribution in [0.15, 0.2) is 48.5 Å². The molecule has 16 heavy (non-hydrogen) atoms. The van der Waals surface area contributed by atoms with Gasteiger partial charge in [0.2, 0.25) is 0 Å². The minimum Gasteiger partial charge on any atom is -0.393 e. The molecule has 88 valence electrons. The van der Waals surface area contributed by atoms with Gasteiger partial charge < -0.3 is 10.2 Å². The van der Waals surface area contributed by atoms with Gasteiger partial charge >= 0.3 is 0 Å². The predicted molar refractivity (Wildman–Crippen MR) is 79.4 cm³/mol. The first kappa shape index (κ1) is 13.4. The molecule has 1 N–H and O–H groups in total. The second-order valence-electron chi connectivity index (χ2n) is 3.77. The minimum absolute atomic E-state index is 0.669. The lowest BCUT2D eigenvalue weighted by Crippen LogP contribution is -2.11. The van der Waals surface area contributed by atoms with Crippen molar-refractivity contribution in [2.24, 2.45) is 0 Å². The fourth-order valence-electron chi connectivity index (χ4n) is 1.42. The van der Waals surface area contributed by atoms with Crippen molar-refractivity contribution in [2.75, 3.05) is 13.6 Å². The first-order valence-corrected chi connectivity index (χ1v) is 6.74. The van der Waals surface area contributed by atoms with Crippen molar-refractivity contribution in [3.05, 3.63) is 48.5 Å². The summed E-state index contributed by atoms with van der Waals surface area (Å²) in [5, 5.41) is 3.00. The molecular formula is C13H19IN2. The van der Waals surface area contributed by atoms with E-state index in [9.17, 15) is 0 Å². The summed E-state index contributed by atoms with van der Waals surface area (Å²) < 4.78 is 0.669. The molecule has 1 unspecified atom stereocenters. The zero-order chi connectivity index (χ0) is 11.8. The van der Waals surface area contributed by atoms with Crippen LogP contribution in [-0.4, -0.2) is 22.4 Å². The van der Waals surface area contributed by atoms with Gasteiger partial charge in [0.25, 0.3) is 0 Å². The monoisotopic (exact) mass is 330 g/mol. The topological polar surface area (TPSA) is 15.3 Å². The molecule has 0 aliphatic carbocycles. The number of rotatable bonds is 4. The Morgan fingerprint density at radius 1 is 1.62 bits per heavy atom. The molecule has 1 aliphatic rings. The van der Waals surface area contributed by atoms with Crippen molar-refractivity contribution in [1.82, 2.24) is 10.2 Å². The van der Waals surface area contributed by atoms with E-state index in [-0.39, 0.29) is 0 Å². The highest BCUT2D eigenvalue weighted by molar-refractivity contribution is 14.1. The predicted octanol–water partition coefficient (Wildman–Crippen LogP) is 3.20. The molecule has 2 nitrogen and oxygen atoms in total. The van der Waals surface area contributed by atoms with Gasteiger partial charge in [-0.3, -0.25) is 0 Å². The molecule has 0 spiro atoms. The Morgan fingerprint density at radius 3 is 3.12 bits per heavy atom. The Kier molecular flexibility index (Phi) is 6.30. The molecule has 0 radical (unpaired) electrons. The van der Waals surface area contributed by atoms with Crippen LogP contribution >= 0.6 is 22.6 Å². The van der Waals surface area contributed by atoms with Crippen LogP contribution in [0, 0.1) is 0 Å². The zero-order valence-corrected chi connectivity index (χ0v) is 12.0. The average Bonchev–Trinajstić information content (AvgIpc) is 2.21. The van der Waals surface area contributed by atoms with Crippen LogP contribution in [-0.2, 0) is 0 Å². The van der Waals surface area contributed by atoms with Gasteiger partial charge in [0.05, 0.1) is 0 Å². The first-order chi connectivity index (χ1) is 7.72. The summed E-state index contributed by atoms with van der Waals surface area (Å²) in [4.78, 5) is 2.15. The molecule has 0 saturated carbocycles. The van der Waals surface area contributed by atoms with Gasteiger partial charge in [-0.05, 0) is 18.1 Å². The van der Waals surface area contributed by atoms with Crippen molar-refractivity contribution < 1.29 is 0 Å². The molecule has 1 aliphatic heterocycles. The molecule has 1 heterocycles.